The molecule has 0 bridgehead atoms. The van der Waals surface area contributed by atoms with Crippen LogP contribution in [0.1, 0.15) is 31.2 Å². The summed E-state index contributed by atoms with van der Waals surface area (Å²) in [7, 11) is -6.63. The topological polar surface area (TPSA) is 83.6 Å². The number of benzene rings is 1. The first-order valence-corrected chi connectivity index (χ1v) is 11.6. The molecule has 1 aliphatic carbocycles. The molecule has 9 heteroatoms. The van der Waals surface area contributed by atoms with Gasteiger partial charge in [0.25, 0.3) is 0 Å². The molecule has 0 radical (unpaired) electrons. The molecule has 1 aromatic rings. The lowest BCUT2D eigenvalue weighted by Gasteiger charge is -2.31. The fourth-order valence-electron chi connectivity index (χ4n) is 3.04. The van der Waals surface area contributed by atoms with E-state index in [0.717, 1.165) is 12.8 Å². The van der Waals surface area contributed by atoms with Crippen molar-refractivity contribution in [1.82, 2.24) is 9.03 Å². The predicted molar refractivity (Wildman–Crippen MR) is 93.3 cm³/mol. The van der Waals surface area contributed by atoms with Crippen LogP contribution in [0.25, 0.3) is 0 Å². The number of halogens is 1. The second-order valence-electron chi connectivity index (χ2n) is 6.82. The molecule has 6 nitrogen and oxygen atoms in total. The molecular formula is C16H23FN2O4S2. The van der Waals surface area contributed by atoms with Gasteiger partial charge in [0.05, 0.1) is 11.0 Å². The lowest BCUT2D eigenvalue weighted by molar-refractivity contribution is 0.274. The Morgan fingerprint density at radius 2 is 1.60 bits per heavy atom. The van der Waals surface area contributed by atoms with Gasteiger partial charge in [-0.25, -0.2) is 30.3 Å². The molecule has 1 aliphatic heterocycles. The Kier molecular flexibility index (Phi) is 5.48. The number of nitrogens with one attached hydrogen (secondary N) is 1. The zero-order chi connectivity index (χ0) is 18.1. The molecule has 1 aromatic carbocycles. The van der Waals surface area contributed by atoms with Crippen LogP contribution in [0.4, 0.5) is 4.39 Å². The van der Waals surface area contributed by atoms with Crippen LogP contribution >= 0.6 is 0 Å². The maximum atomic E-state index is 12.9. The van der Waals surface area contributed by atoms with Crippen LogP contribution in [-0.2, 0) is 25.8 Å². The number of sulfonamides is 2. The molecule has 0 unspecified atom stereocenters. The maximum absolute atomic E-state index is 12.9. The first kappa shape index (κ1) is 18.8. The molecule has 25 heavy (non-hydrogen) atoms. The number of rotatable bonds is 7. The molecule has 1 saturated heterocycles. The van der Waals surface area contributed by atoms with Gasteiger partial charge in [-0.3, -0.25) is 0 Å². The van der Waals surface area contributed by atoms with Crippen LogP contribution in [0.2, 0.25) is 0 Å². The van der Waals surface area contributed by atoms with E-state index < -0.39 is 25.9 Å². The highest BCUT2D eigenvalue weighted by atomic mass is 32.2. The summed E-state index contributed by atoms with van der Waals surface area (Å²) in [5.74, 6) is -0.460. The molecule has 0 atom stereocenters. The van der Waals surface area contributed by atoms with Gasteiger partial charge in [0.1, 0.15) is 5.82 Å². The average Bonchev–Trinajstić information content (AvgIpc) is 3.41. The fraction of sp³-hybridized carbons (Fsp3) is 0.625. The summed E-state index contributed by atoms with van der Waals surface area (Å²) in [5, 5.41) is -0.196. The van der Waals surface area contributed by atoms with Gasteiger partial charge < -0.3 is 0 Å². The van der Waals surface area contributed by atoms with Gasteiger partial charge in [-0.1, -0.05) is 12.1 Å². The zero-order valence-corrected chi connectivity index (χ0v) is 15.5. The van der Waals surface area contributed by atoms with Crippen LogP contribution in [0.3, 0.4) is 0 Å². The van der Waals surface area contributed by atoms with Crippen molar-refractivity contribution in [3.05, 3.63) is 35.6 Å². The SMILES string of the molecule is O=S(=O)(Cc1ccc(F)cc1)NCC1CCN(S(=O)(=O)C2CC2)CC1. The van der Waals surface area contributed by atoms with Crippen molar-refractivity contribution in [2.75, 3.05) is 19.6 Å². The van der Waals surface area contributed by atoms with Gasteiger partial charge in [0, 0.05) is 19.6 Å². The van der Waals surface area contributed by atoms with E-state index in [-0.39, 0.29) is 16.9 Å². The third-order valence-electron chi connectivity index (χ3n) is 4.74. The van der Waals surface area contributed by atoms with Crippen molar-refractivity contribution in [1.29, 1.82) is 0 Å². The van der Waals surface area contributed by atoms with Gasteiger partial charge in [0.15, 0.2) is 0 Å². The Bertz CT molecular complexity index is 797. The molecule has 1 N–H and O–H groups in total. The van der Waals surface area contributed by atoms with Crippen LogP contribution in [0.15, 0.2) is 24.3 Å². The Labute approximate surface area is 148 Å². The van der Waals surface area contributed by atoms with Gasteiger partial charge in [0.2, 0.25) is 20.0 Å². The van der Waals surface area contributed by atoms with Gasteiger partial charge in [-0.05, 0) is 49.3 Å². The Hall–Kier alpha value is -1.03. The second kappa shape index (κ2) is 7.30. The van der Waals surface area contributed by atoms with E-state index in [0.29, 0.717) is 38.0 Å². The molecule has 0 aromatic heterocycles. The first-order chi connectivity index (χ1) is 11.8. The van der Waals surface area contributed by atoms with Crippen molar-refractivity contribution in [3.63, 3.8) is 0 Å². The summed E-state index contributed by atoms with van der Waals surface area (Å²) in [6.07, 6.45) is 2.83. The maximum Gasteiger partial charge on any atom is 0.216 e. The summed E-state index contributed by atoms with van der Waals surface area (Å²) in [6, 6.07) is 5.38. The lowest BCUT2D eigenvalue weighted by atomic mass is 9.99. The lowest BCUT2D eigenvalue weighted by Crippen LogP contribution is -2.42. The summed E-state index contributed by atoms with van der Waals surface area (Å²) in [4.78, 5) is 0. The van der Waals surface area contributed by atoms with Crippen LogP contribution < -0.4 is 4.72 Å². The van der Waals surface area contributed by atoms with Crippen LogP contribution in [0.5, 0.6) is 0 Å². The number of hydrogen-bond acceptors (Lipinski definition) is 4. The molecular weight excluding hydrogens is 367 g/mol. The predicted octanol–water partition coefficient (Wildman–Crippen LogP) is 1.45. The highest BCUT2D eigenvalue weighted by molar-refractivity contribution is 7.90. The minimum Gasteiger partial charge on any atom is -0.215 e. The van der Waals surface area contributed by atoms with Crippen molar-refractivity contribution in [2.24, 2.45) is 5.92 Å². The van der Waals surface area contributed by atoms with E-state index in [1.54, 1.807) is 4.31 Å². The minimum absolute atomic E-state index is 0.133. The largest absolute Gasteiger partial charge is 0.216 e. The smallest absolute Gasteiger partial charge is 0.215 e. The van der Waals surface area contributed by atoms with Crippen molar-refractivity contribution in [3.8, 4) is 0 Å². The normalized spacial score (nSPS) is 20.7. The summed E-state index contributed by atoms with van der Waals surface area (Å²) in [5.41, 5.74) is 0.527. The molecule has 2 fully saturated rings. The molecule has 1 saturated carbocycles. The second-order valence-corrected chi connectivity index (χ2v) is 10.8. The summed E-state index contributed by atoms with van der Waals surface area (Å²) in [6.45, 7) is 1.23. The van der Waals surface area contributed by atoms with Gasteiger partial charge in [-0.15, -0.1) is 0 Å². The van der Waals surface area contributed by atoms with E-state index in [2.05, 4.69) is 4.72 Å². The van der Waals surface area contributed by atoms with Crippen molar-refractivity contribution in [2.45, 2.75) is 36.7 Å². The van der Waals surface area contributed by atoms with Gasteiger partial charge in [-0.2, -0.15) is 0 Å². The zero-order valence-electron chi connectivity index (χ0n) is 13.9. The summed E-state index contributed by atoms with van der Waals surface area (Å²) < 4.78 is 65.7. The fourth-order valence-corrected chi connectivity index (χ4v) is 6.14. The Morgan fingerprint density at radius 3 is 2.16 bits per heavy atom. The van der Waals surface area contributed by atoms with Crippen LogP contribution in [0, 0.1) is 11.7 Å². The molecule has 0 amide bonds. The third kappa shape index (κ3) is 4.99. The highest BCUT2D eigenvalue weighted by Crippen LogP contribution is 2.33. The standard InChI is InChI=1S/C16H23FN2O4S2/c17-15-3-1-14(2-4-15)12-24(20,21)18-11-13-7-9-19(10-8-13)25(22,23)16-5-6-16/h1-4,13,16,18H,5-12H2. The first-order valence-electron chi connectivity index (χ1n) is 8.47. The van der Waals surface area contributed by atoms with Gasteiger partial charge >= 0.3 is 0 Å². The number of hydrogen-bond donors (Lipinski definition) is 1. The van der Waals surface area contributed by atoms with Crippen molar-refractivity contribution < 1.29 is 21.2 Å². The van der Waals surface area contributed by atoms with Crippen LogP contribution in [-0.4, -0.2) is 46.0 Å². The van der Waals surface area contributed by atoms with E-state index in [1.807, 2.05) is 0 Å². The van der Waals surface area contributed by atoms with E-state index >= 15 is 0 Å². The molecule has 140 valence electrons. The van der Waals surface area contributed by atoms with E-state index in [9.17, 15) is 21.2 Å². The van der Waals surface area contributed by atoms with E-state index in [1.165, 1.54) is 24.3 Å². The number of nitrogens with zero attached hydrogens (tertiary/aromatic N) is 1. The Balaban J connectivity index is 1.46. The average molecular weight is 391 g/mol. The Morgan fingerprint density at radius 1 is 1.00 bits per heavy atom. The molecule has 1 heterocycles. The molecule has 2 aliphatic rings. The molecule has 0 spiro atoms. The highest BCUT2D eigenvalue weighted by Gasteiger charge is 2.41. The third-order valence-corrected chi connectivity index (χ3v) is 8.46. The molecule has 3 rings (SSSR count). The van der Waals surface area contributed by atoms with Crippen molar-refractivity contribution >= 4 is 20.0 Å². The summed E-state index contributed by atoms with van der Waals surface area (Å²) >= 11 is 0. The number of piperidine rings is 1. The van der Waals surface area contributed by atoms with E-state index in [4.69, 9.17) is 0 Å². The monoisotopic (exact) mass is 390 g/mol. The minimum atomic E-state index is -3.50. The quantitative estimate of drug-likeness (QED) is 0.764.